The molecule has 1 amide bonds. The van der Waals surface area contributed by atoms with E-state index in [-0.39, 0.29) is 47.8 Å². The Bertz CT molecular complexity index is 1230. The maximum absolute atomic E-state index is 13.3. The fourth-order valence-electron chi connectivity index (χ4n) is 7.91. The fraction of sp³-hybridized carbons (Fsp3) is 0.552. The van der Waals surface area contributed by atoms with Crippen LogP contribution in [0.4, 0.5) is 19.3 Å². The number of halogens is 2. The number of allylic oxidation sites excluding steroid dienone is 4. The molecule has 0 bridgehead atoms. The molecule has 0 aromatic heterocycles. The topological polar surface area (TPSA) is 122 Å². The van der Waals surface area contributed by atoms with E-state index in [1.165, 1.54) is 24.3 Å². The van der Waals surface area contributed by atoms with E-state index in [0.717, 1.165) is 18.4 Å². The molecule has 0 heterocycles. The third-order valence-corrected chi connectivity index (χ3v) is 9.77. The van der Waals surface area contributed by atoms with E-state index in [9.17, 15) is 33.4 Å². The molecule has 0 aliphatic heterocycles. The summed E-state index contributed by atoms with van der Waals surface area (Å²) < 4.78 is 34.0. The number of carbonyl (C=O) groups excluding carboxylic acids is 3. The number of fused-ring (bicyclic) bond motifs is 5. The molecule has 1 aromatic carbocycles. The SMILES string of the molecule is CC12C=CC(=O)C=C1CCC1C2C(O)CC2(C)C1CC[C@]2(O)C(=O)COC(=O)Nc1ccc(OC(F)F)cc1. The van der Waals surface area contributed by atoms with Crippen LogP contribution in [-0.4, -0.2) is 52.8 Å². The summed E-state index contributed by atoms with van der Waals surface area (Å²) in [4.78, 5) is 37.6. The number of benzene rings is 1. The van der Waals surface area contributed by atoms with Crippen molar-refractivity contribution in [2.75, 3.05) is 11.9 Å². The fourth-order valence-corrected chi connectivity index (χ4v) is 7.91. The highest BCUT2D eigenvalue weighted by molar-refractivity contribution is 6.01. The van der Waals surface area contributed by atoms with Gasteiger partial charge in [0.1, 0.15) is 11.4 Å². The van der Waals surface area contributed by atoms with Crippen LogP contribution >= 0.6 is 0 Å². The second-order valence-corrected chi connectivity index (χ2v) is 11.6. The van der Waals surface area contributed by atoms with Crippen LogP contribution in [0.1, 0.15) is 46.0 Å². The highest BCUT2D eigenvalue weighted by Crippen LogP contribution is 2.67. The Labute approximate surface area is 225 Å². The number of rotatable bonds is 6. The Balaban J connectivity index is 1.26. The van der Waals surface area contributed by atoms with Gasteiger partial charge in [0.25, 0.3) is 0 Å². The van der Waals surface area contributed by atoms with Crippen molar-refractivity contribution in [2.24, 2.45) is 28.6 Å². The van der Waals surface area contributed by atoms with E-state index in [2.05, 4.69) is 17.0 Å². The molecular weight excluding hydrogens is 512 g/mol. The Morgan fingerprint density at radius 1 is 1.18 bits per heavy atom. The molecule has 39 heavy (non-hydrogen) atoms. The van der Waals surface area contributed by atoms with Crippen LogP contribution in [-0.2, 0) is 14.3 Å². The molecule has 0 radical (unpaired) electrons. The number of hydrogen-bond donors (Lipinski definition) is 3. The molecule has 7 atom stereocenters. The lowest BCUT2D eigenvalue weighted by atomic mass is 9.46. The number of aliphatic hydroxyl groups is 2. The number of hydrogen-bond acceptors (Lipinski definition) is 7. The van der Waals surface area contributed by atoms with Gasteiger partial charge in [0.05, 0.1) is 6.10 Å². The monoisotopic (exact) mass is 545 g/mol. The third-order valence-electron chi connectivity index (χ3n) is 9.77. The molecular formula is C29H33F2NO7. The summed E-state index contributed by atoms with van der Waals surface area (Å²) in [5.41, 5.74) is -1.85. The van der Waals surface area contributed by atoms with Crippen LogP contribution in [0.25, 0.3) is 0 Å². The average molecular weight is 546 g/mol. The zero-order chi connectivity index (χ0) is 28.2. The van der Waals surface area contributed by atoms with Gasteiger partial charge < -0.3 is 19.7 Å². The quantitative estimate of drug-likeness (QED) is 0.484. The maximum atomic E-state index is 13.3. The van der Waals surface area contributed by atoms with Crippen LogP contribution in [0.15, 0.2) is 48.1 Å². The average Bonchev–Trinajstić information content (AvgIpc) is 3.14. The highest BCUT2D eigenvalue weighted by Gasteiger charge is 2.68. The first-order chi connectivity index (χ1) is 18.4. The van der Waals surface area contributed by atoms with Crippen molar-refractivity contribution in [3.63, 3.8) is 0 Å². The number of ether oxygens (including phenoxy) is 2. The minimum atomic E-state index is -2.97. The zero-order valence-electron chi connectivity index (χ0n) is 21.9. The van der Waals surface area contributed by atoms with Gasteiger partial charge in [-0.15, -0.1) is 0 Å². The zero-order valence-corrected chi connectivity index (χ0v) is 21.9. The standard InChI is InChI=1S/C29H33F2NO7/c1-27-11-9-18(33)13-16(27)3-8-20-21-10-12-29(37,28(21,2)14-22(34)24(20)27)23(35)15-38-26(36)32-17-4-6-19(7-5-17)39-25(30)31/h4-7,9,11,13,20-22,24-25,34,37H,3,8,10,12,14-15H2,1-2H3,(H,32,36)/t20?,21?,22?,24?,27?,28?,29-/m0/s1. The van der Waals surface area contributed by atoms with Gasteiger partial charge in [0.15, 0.2) is 12.4 Å². The number of nitrogens with one attached hydrogen (secondary N) is 1. The number of amides is 1. The van der Waals surface area contributed by atoms with E-state index < -0.39 is 47.6 Å². The largest absolute Gasteiger partial charge is 0.441 e. The number of ketones is 2. The minimum absolute atomic E-state index is 0.0212. The molecule has 10 heteroatoms. The number of anilines is 1. The molecule has 4 aliphatic rings. The second-order valence-electron chi connectivity index (χ2n) is 11.6. The first kappa shape index (κ1) is 27.5. The van der Waals surface area contributed by atoms with Crippen LogP contribution in [0.5, 0.6) is 5.75 Å². The molecule has 210 valence electrons. The first-order valence-electron chi connectivity index (χ1n) is 13.2. The van der Waals surface area contributed by atoms with Crippen LogP contribution < -0.4 is 10.1 Å². The molecule has 0 saturated heterocycles. The van der Waals surface area contributed by atoms with Crippen molar-refractivity contribution in [2.45, 2.75) is 64.3 Å². The molecule has 4 aliphatic carbocycles. The van der Waals surface area contributed by atoms with Crippen molar-refractivity contribution < 1.29 is 42.9 Å². The lowest BCUT2D eigenvalue weighted by molar-refractivity contribution is -0.178. The Hall–Kier alpha value is -3.11. The lowest BCUT2D eigenvalue weighted by Crippen LogP contribution is -2.61. The Morgan fingerprint density at radius 3 is 2.59 bits per heavy atom. The van der Waals surface area contributed by atoms with Gasteiger partial charge in [-0.3, -0.25) is 14.9 Å². The third kappa shape index (κ3) is 4.57. The van der Waals surface area contributed by atoms with Crippen LogP contribution in [0.2, 0.25) is 0 Å². The van der Waals surface area contributed by atoms with E-state index >= 15 is 0 Å². The van der Waals surface area contributed by atoms with Crippen molar-refractivity contribution in [1.29, 1.82) is 0 Å². The predicted molar refractivity (Wildman–Crippen MR) is 136 cm³/mol. The van der Waals surface area contributed by atoms with Gasteiger partial charge in [-0.25, -0.2) is 4.79 Å². The summed E-state index contributed by atoms with van der Waals surface area (Å²) in [6.07, 6.45) is 5.92. The molecule has 0 spiro atoms. The van der Waals surface area contributed by atoms with Gasteiger partial charge in [-0.05, 0) is 80.4 Å². The molecule has 3 saturated carbocycles. The number of carbonyl (C=O) groups is 3. The molecule has 8 nitrogen and oxygen atoms in total. The summed E-state index contributed by atoms with van der Waals surface area (Å²) in [5.74, 6) is -0.835. The normalized spacial score (nSPS) is 36.9. The van der Waals surface area contributed by atoms with Crippen molar-refractivity contribution in [1.82, 2.24) is 0 Å². The summed E-state index contributed by atoms with van der Waals surface area (Å²) in [7, 11) is 0. The van der Waals surface area contributed by atoms with Gasteiger partial charge >= 0.3 is 12.7 Å². The van der Waals surface area contributed by atoms with E-state index in [4.69, 9.17) is 4.74 Å². The maximum Gasteiger partial charge on any atom is 0.412 e. The minimum Gasteiger partial charge on any atom is -0.441 e. The Kier molecular flexibility index (Phi) is 6.91. The van der Waals surface area contributed by atoms with Crippen LogP contribution in [0.3, 0.4) is 0 Å². The predicted octanol–water partition coefficient (Wildman–Crippen LogP) is 4.42. The number of aliphatic hydroxyl groups excluding tert-OH is 1. The van der Waals surface area contributed by atoms with Gasteiger partial charge in [-0.2, -0.15) is 8.78 Å². The number of Topliss-reactive ketones (excluding diaryl/α,β-unsaturated/α-hetero) is 1. The molecule has 3 N–H and O–H groups in total. The van der Waals surface area contributed by atoms with Gasteiger partial charge in [-0.1, -0.05) is 25.5 Å². The second kappa shape index (κ2) is 9.82. The first-order valence-corrected chi connectivity index (χ1v) is 13.2. The molecule has 6 unspecified atom stereocenters. The van der Waals surface area contributed by atoms with E-state index in [1.807, 2.05) is 13.0 Å². The lowest BCUT2D eigenvalue weighted by Gasteiger charge is -2.59. The molecule has 3 fully saturated rings. The smallest absolute Gasteiger partial charge is 0.412 e. The summed E-state index contributed by atoms with van der Waals surface area (Å²) >= 11 is 0. The summed E-state index contributed by atoms with van der Waals surface area (Å²) in [6.45, 7) is 0.280. The Morgan fingerprint density at radius 2 is 1.90 bits per heavy atom. The highest BCUT2D eigenvalue weighted by atomic mass is 19.3. The molecule has 5 rings (SSSR count). The van der Waals surface area contributed by atoms with Crippen molar-refractivity contribution >= 4 is 23.3 Å². The number of alkyl halides is 2. The van der Waals surface area contributed by atoms with Crippen LogP contribution in [0, 0.1) is 28.6 Å². The summed E-state index contributed by atoms with van der Waals surface area (Å²) in [5, 5.41) is 25.6. The van der Waals surface area contributed by atoms with E-state index in [0.29, 0.717) is 6.42 Å². The van der Waals surface area contributed by atoms with E-state index in [1.54, 1.807) is 12.2 Å². The van der Waals surface area contributed by atoms with Gasteiger partial charge in [0, 0.05) is 22.4 Å². The van der Waals surface area contributed by atoms with Crippen molar-refractivity contribution in [3.8, 4) is 5.75 Å². The van der Waals surface area contributed by atoms with Gasteiger partial charge in [0.2, 0.25) is 5.78 Å². The summed E-state index contributed by atoms with van der Waals surface area (Å²) in [6, 6.07) is 5.20. The molecule has 1 aromatic rings. The van der Waals surface area contributed by atoms with Crippen molar-refractivity contribution in [3.05, 3.63) is 48.1 Å².